The predicted octanol–water partition coefficient (Wildman–Crippen LogP) is 2.55. The summed E-state index contributed by atoms with van der Waals surface area (Å²) in [7, 11) is 0. The van der Waals surface area contributed by atoms with Gasteiger partial charge in [0.25, 0.3) is 0 Å². The summed E-state index contributed by atoms with van der Waals surface area (Å²) >= 11 is 5.75. The maximum Gasteiger partial charge on any atom is 0.230 e. The second-order valence-electron chi connectivity index (χ2n) is 4.73. The molecular weight excluding hydrogens is 244 g/mol. The standard InChI is InChI=1S/C12H13ClO4/c1-12(2,3)11(17)10(16)6-4-8(14)9(15)5-7(6)13/h4-5,14-15H,1-3H3. The molecule has 0 aliphatic rings. The van der Waals surface area contributed by atoms with E-state index in [4.69, 9.17) is 11.6 Å². The molecule has 4 nitrogen and oxygen atoms in total. The van der Waals surface area contributed by atoms with Crippen molar-refractivity contribution in [2.24, 2.45) is 5.41 Å². The van der Waals surface area contributed by atoms with Gasteiger partial charge in [-0.1, -0.05) is 32.4 Å². The predicted molar refractivity (Wildman–Crippen MR) is 63.6 cm³/mol. The average molecular weight is 257 g/mol. The maximum atomic E-state index is 11.8. The van der Waals surface area contributed by atoms with Crippen LogP contribution in [0.1, 0.15) is 31.1 Å². The van der Waals surface area contributed by atoms with Gasteiger partial charge in [0.2, 0.25) is 11.6 Å². The Kier molecular flexibility index (Phi) is 3.48. The monoisotopic (exact) mass is 256 g/mol. The second-order valence-corrected chi connectivity index (χ2v) is 5.14. The number of hydrogen-bond acceptors (Lipinski definition) is 4. The number of carbonyl (C=O) groups is 2. The quantitative estimate of drug-likeness (QED) is 0.484. The lowest BCUT2D eigenvalue weighted by Gasteiger charge is -2.15. The maximum absolute atomic E-state index is 11.8. The number of rotatable bonds is 2. The number of phenolic OH excluding ortho intramolecular Hbond substituents is 2. The van der Waals surface area contributed by atoms with E-state index in [1.807, 2.05) is 0 Å². The first kappa shape index (κ1) is 13.5. The Bertz CT molecular complexity index is 486. The fourth-order valence-electron chi connectivity index (χ4n) is 1.19. The number of halogens is 1. The summed E-state index contributed by atoms with van der Waals surface area (Å²) < 4.78 is 0. The molecule has 1 aromatic carbocycles. The molecule has 1 rings (SSSR count). The lowest BCUT2D eigenvalue weighted by molar-refractivity contribution is -0.121. The van der Waals surface area contributed by atoms with Crippen molar-refractivity contribution < 1.29 is 19.8 Å². The average Bonchev–Trinajstić information content (AvgIpc) is 2.20. The number of Topliss-reactive ketones (excluding diaryl/α,β-unsaturated/α-hetero) is 2. The molecule has 2 N–H and O–H groups in total. The summed E-state index contributed by atoms with van der Waals surface area (Å²) in [6.45, 7) is 4.84. The van der Waals surface area contributed by atoms with Crippen molar-refractivity contribution in [2.45, 2.75) is 20.8 Å². The summed E-state index contributed by atoms with van der Waals surface area (Å²) in [4.78, 5) is 23.6. The Morgan fingerprint density at radius 2 is 1.59 bits per heavy atom. The van der Waals surface area contributed by atoms with E-state index in [2.05, 4.69) is 0 Å². The highest BCUT2D eigenvalue weighted by atomic mass is 35.5. The van der Waals surface area contributed by atoms with Crippen molar-refractivity contribution in [1.82, 2.24) is 0 Å². The topological polar surface area (TPSA) is 74.6 Å². The summed E-state index contributed by atoms with van der Waals surface area (Å²) in [5.41, 5.74) is -0.935. The molecule has 0 saturated heterocycles. The SMILES string of the molecule is CC(C)(C)C(=O)C(=O)c1cc(O)c(O)cc1Cl. The van der Waals surface area contributed by atoms with Crippen LogP contribution < -0.4 is 0 Å². The summed E-state index contributed by atoms with van der Waals surface area (Å²) in [5, 5.41) is 18.4. The van der Waals surface area contributed by atoms with Crippen LogP contribution in [0.5, 0.6) is 11.5 Å². The molecule has 0 heterocycles. The fourth-order valence-corrected chi connectivity index (χ4v) is 1.43. The molecule has 0 unspecified atom stereocenters. The van der Waals surface area contributed by atoms with Crippen LogP contribution in [0.25, 0.3) is 0 Å². The van der Waals surface area contributed by atoms with Gasteiger partial charge in [0, 0.05) is 17.0 Å². The molecule has 0 fully saturated rings. The molecule has 0 aliphatic heterocycles. The lowest BCUT2D eigenvalue weighted by atomic mass is 9.86. The first-order valence-electron chi connectivity index (χ1n) is 4.95. The largest absolute Gasteiger partial charge is 0.504 e. The Morgan fingerprint density at radius 1 is 1.12 bits per heavy atom. The van der Waals surface area contributed by atoms with E-state index >= 15 is 0 Å². The van der Waals surface area contributed by atoms with Crippen LogP contribution in [-0.2, 0) is 4.79 Å². The molecule has 5 heteroatoms. The van der Waals surface area contributed by atoms with E-state index < -0.39 is 28.5 Å². The van der Waals surface area contributed by atoms with Crippen molar-refractivity contribution in [3.05, 3.63) is 22.7 Å². The van der Waals surface area contributed by atoms with Gasteiger partial charge >= 0.3 is 0 Å². The summed E-state index contributed by atoms with van der Waals surface area (Å²) in [5.74, 6) is -2.31. The van der Waals surface area contributed by atoms with Crippen LogP contribution in [0.15, 0.2) is 12.1 Å². The molecule has 0 aliphatic carbocycles. The Morgan fingerprint density at radius 3 is 2.06 bits per heavy atom. The van der Waals surface area contributed by atoms with E-state index in [0.29, 0.717) is 0 Å². The number of hydrogen-bond donors (Lipinski definition) is 2. The molecule has 0 radical (unpaired) electrons. The molecule has 0 spiro atoms. The highest BCUT2D eigenvalue weighted by molar-refractivity contribution is 6.48. The van der Waals surface area contributed by atoms with Crippen molar-refractivity contribution in [3.8, 4) is 11.5 Å². The number of ketones is 2. The lowest BCUT2D eigenvalue weighted by Crippen LogP contribution is -2.28. The van der Waals surface area contributed by atoms with Gasteiger partial charge < -0.3 is 10.2 Å². The third-order valence-corrected chi connectivity index (χ3v) is 2.51. The fraction of sp³-hybridized carbons (Fsp3) is 0.333. The highest BCUT2D eigenvalue weighted by Crippen LogP contribution is 2.32. The molecule has 17 heavy (non-hydrogen) atoms. The molecule has 0 aromatic heterocycles. The molecular formula is C12H13ClO4. The van der Waals surface area contributed by atoms with Crippen LogP contribution in [0.4, 0.5) is 0 Å². The number of carbonyl (C=O) groups excluding carboxylic acids is 2. The third-order valence-electron chi connectivity index (χ3n) is 2.20. The van der Waals surface area contributed by atoms with E-state index in [1.165, 1.54) is 0 Å². The van der Waals surface area contributed by atoms with Crippen molar-refractivity contribution in [3.63, 3.8) is 0 Å². The first-order valence-corrected chi connectivity index (χ1v) is 5.33. The van der Waals surface area contributed by atoms with Crippen molar-refractivity contribution in [1.29, 1.82) is 0 Å². The summed E-state index contributed by atoms with van der Waals surface area (Å²) in [6, 6.07) is 2.02. The first-order chi connectivity index (χ1) is 7.64. The number of phenols is 2. The Hall–Kier alpha value is -1.55. The van der Waals surface area contributed by atoms with Gasteiger partial charge in [-0.2, -0.15) is 0 Å². The Balaban J connectivity index is 3.23. The van der Waals surface area contributed by atoms with Crippen molar-refractivity contribution in [2.75, 3.05) is 0 Å². The number of benzene rings is 1. The van der Waals surface area contributed by atoms with Gasteiger partial charge in [-0.25, -0.2) is 0 Å². The highest BCUT2D eigenvalue weighted by Gasteiger charge is 2.30. The minimum atomic E-state index is -0.825. The minimum Gasteiger partial charge on any atom is -0.504 e. The van der Waals surface area contributed by atoms with E-state index in [1.54, 1.807) is 20.8 Å². The van der Waals surface area contributed by atoms with Crippen LogP contribution >= 0.6 is 11.6 Å². The van der Waals surface area contributed by atoms with E-state index in [-0.39, 0.29) is 10.6 Å². The van der Waals surface area contributed by atoms with Gasteiger partial charge in [-0.05, 0) is 6.07 Å². The second kappa shape index (κ2) is 4.37. The zero-order chi connectivity index (χ0) is 13.4. The normalized spacial score (nSPS) is 11.3. The van der Waals surface area contributed by atoms with Crippen LogP contribution in [-0.4, -0.2) is 21.8 Å². The van der Waals surface area contributed by atoms with Gasteiger partial charge in [-0.3, -0.25) is 9.59 Å². The van der Waals surface area contributed by atoms with Gasteiger partial charge in [0.15, 0.2) is 11.5 Å². The van der Waals surface area contributed by atoms with Crippen LogP contribution in [0.3, 0.4) is 0 Å². The van der Waals surface area contributed by atoms with Crippen LogP contribution in [0.2, 0.25) is 5.02 Å². The van der Waals surface area contributed by atoms with Gasteiger partial charge in [0.1, 0.15) is 0 Å². The molecule has 1 aromatic rings. The molecule has 0 bridgehead atoms. The zero-order valence-corrected chi connectivity index (χ0v) is 10.5. The Labute approximate surface area is 104 Å². The third kappa shape index (κ3) is 2.77. The number of aromatic hydroxyl groups is 2. The summed E-state index contributed by atoms with van der Waals surface area (Å²) in [6.07, 6.45) is 0. The molecule has 0 saturated carbocycles. The minimum absolute atomic E-state index is 0.0668. The molecule has 0 amide bonds. The molecule has 92 valence electrons. The van der Waals surface area contributed by atoms with Gasteiger partial charge in [0.05, 0.1) is 5.02 Å². The van der Waals surface area contributed by atoms with E-state index in [0.717, 1.165) is 12.1 Å². The zero-order valence-electron chi connectivity index (χ0n) is 9.74. The molecule has 0 atom stereocenters. The van der Waals surface area contributed by atoms with E-state index in [9.17, 15) is 19.8 Å². The van der Waals surface area contributed by atoms with Gasteiger partial charge in [-0.15, -0.1) is 0 Å². The van der Waals surface area contributed by atoms with Crippen LogP contribution in [0, 0.1) is 5.41 Å². The smallest absolute Gasteiger partial charge is 0.230 e. The van der Waals surface area contributed by atoms with Crippen molar-refractivity contribution >= 4 is 23.2 Å².